The molecule has 0 unspecified atom stereocenters. The van der Waals surface area contributed by atoms with Gasteiger partial charge in [0.15, 0.2) is 0 Å². The summed E-state index contributed by atoms with van der Waals surface area (Å²) in [6, 6.07) is 18.3. The molecule has 4 heteroatoms. The maximum atomic E-state index is 6.53. The minimum atomic E-state index is 0.722. The van der Waals surface area contributed by atoms with Gasteiger partial charge < -0.3 is 11.5 Å². The van der Waals surface area contributed by atoms with E-state index in [4.69, 9.17) is 16.5 Å². The number of hydrogen-bond donors (Lipinski definition) is 2. The molecule has 4 rings (SSSR count). The number of nitrogens with two attached hydrogens (primary N) is 2. The van der Waals surface area contributed by atoms with Gasteiger partial charge in [-0.05, 0) is 36.6 Å². The van der Waals surface area contributed by atoms with Crippen LogP contribution < -0.4 is 16.0 Å². The van der Waals surface area contributed by atoms with Crippen LogP contribution in [0.1, 0.15) is 25.0 Å². The molecule has 0 bridgehead atoms. The smallest absolute Gasteiger partial charge is 0.242 e. The van der Waals surface area contributed by atoms with Gasteiger partial charge in [-0.15, -0.1) is 4.57 Å². The van der Waals surface area contributed by atoms with Crippen LogP contribution >= 0.6 is 0 Å². The fourth-order valence-corrected chi connectivity index (χ4v) is 3.68. The van der Waals surface area contributed by atoms with Crippen molar-refractivity contribution in [1.29, 1.82) is 0 Å². The third-order valence-corrected chi connectivity index (χ3v) is 4.96. The fraction of sp³-hybridized carbons (Fsp3) is 0.182. The first-order valence-electron chi connectivity index (χ1n) is 9.04. The normalized spacial score (nSPS) is 11.3. The zero-order valence-electron chi connectivity index (χ0n) is 15.2. The van der Waals surface area contributed by atoms with Gasteiger partial charge in [-0.1, -0.05) is 32.0 Å². The molecule has 0 saturated heterocycles. The van der Waals surface area contributed by atoms with Crippen LogP contribution in [0.25, 0.3) is 27.8 Å². The molecule has 1 aromatic heterocycles. The van der Waals surface area contributed by atoms with E-state index >= 15 is 0 Å². The zero-order chi connectivity index (χ0) is 18.3. The van der Waals surface area contributed by atoms with Gasteiger partial charge in [0.2, 0.25) is 16.7 Å². The van der Waals surface area contributed by atoms with Gasteiger partial charge in [0.25, 0.3) is 0 Å². The SMILES string of the molecule is CCc1cc2nc3ccc(N)cc3[n+](-c3ccccc3)c2c(CC)c1N. The predicted octanol–water partition coefficient (Wildman–Crippen LogP) is 3.95. The first kappa shape index (κ1) is 16.3. The van der Waals surface area contributed by atoms with Crippen molar-refractivity contribution in [2.24, 2.45) is 0 Å². The Hall–Kier alpha value is -3.14. The Morgan fingerprint density at radius 1 is 0.885 bits per heavy atom. The van der Waals surface area contributed by atoms with E-state index in [1.54, 1.807) is 0 Å². The summed E-state index contributed by atoms with van der Waals surface area (Å²) in [5.41, 5.74) is 21.5. The molecule has 4 nitrogen and oxygen atoms in total. The number of nitrogens with zero attached hydrogens (tertiary/aromatic N) is 2. The maximum Gasteiger partial charge on any atom is 0.242 e. The van der Waals surface area contributed by atoms with Crippen molar-refractivity contribution in [3.05, 3.63) is 65.7 Å². The van der Waals surface area contributed by atoms with Crippen LogP contribution in [0.2, 0.25) is 0 Å². The number of para-hydroxylation sites is 1. The minimum absolute atomic E-state index is 0.722. The van der Waals surface area contributed by atoms with E-state index in [2.05, 4.69) is 36.6 Å². The molecular formula is C22H23N4+. The van der Waals surface area contributed by atoms with E-state index in [1.165, 1.54) is 0 Å². The quantitative estimate of drug-likeness (QED) is 0.336. The van der Waals surface area contributed by atoms with Gasteiger partial charge in [-0.2, -0.15) is 0 Å². The van der Waals surface area contributed by atoms with Gasteiger partial charge in [0.1, 0.15) is 11.0 Å². The molecule has 0 radical (unpaired) electrons. The van der Waals surface area contributed by atoms with Gasteiger partial charge >= 0.3 is 0 Å². The van der Waals surface area contributed by atoms with Crippen molar-refractivity contribution in [3.63, 3.8) is 0 Å². The Bertz CT molecular complexity index is 1120. The van der Waals surface area contributed by atoms with Crippen LogP contribution in [0.15, 0.2) is 54.6 Å². The zero-order valence-corrected chi connectivity index (χ0v) is 15.2. The Kier molecular flexibility index (Phi) is 3.96. The van der Waals surface area contributed by atoms with Crippen molar-refractivity contribution < 1.29 is 4.57 Å². The fourth-order valence-electron chi connectivity index (χ4n) is 3.68. The molecule has 1 heterocycles. The van der Waals surface area contributed by atoms with E-state index in [9.17, 15) is 0 Å². The van der Waals surface area contributed by atoms with Crippen LogP contribution in [0.3, 0.4) is 0 Å². The molecule has 0 spiro atoms. The second-order valence-corrected chi connectivity index (χ2v) is 6.53. The lowest BCUT2D eigenvalue weighted by Crippen LogP contribution is -2.34. The summed E-state index contributed by atoms with van der Waals surface area (Å²) in [5.74, 6) is 0. The topological polar surface area (TPSA) is 68.8 Å². The Labute approximate surface area is 153 Å². The first-order valence-corrected chi connectivity index (χ1v) is 9.04. The molecule has 0 amide bonds. The minimum Gasteiger partial charge on any atom is -0.399 e. The Morgan fingerprint density at radius 3 is 2.35 bits per heavy atom. The highest BCUT2D eigenvalue weighted by Gasteiger charge is 2.24. The number of anilines is 2. The standard InChI is InChI=1S/C22H22N4/c1-3-14-12-19-22(17(4-2)21(14)24)26(16-8-6-5-7-9-16)20-13-15(23)10-11-18(20)25-19/h5-13H,3-4H2,1-2H3,(H3,23,24)/p+1. The van der Waals surface area contributed by atoms with Gasteiger partial charge in [-0.3, -0.25) is 0 Å². The van der Waals surface area contributed by atoms with Crippen molar-refractivity contribution >= 4 is 33.4 Å². The number of fused-ring (bicyclic) bond motifs is 2. The van der Waals surface area contributed by atoms with Crippen LogP contribution in [0.4, 0.5) is 11.4 Å². The summed E-state index contributed by atoms with van der Waals surface area (Å²) in [4.78, 5) is 4.93. The highest BCUT2D eigenvalue weighted by Crippen LogP contribution is 2.29. The molecule has 0 fully saturated rings. The molecule has 0 aliphatic rings. The van der Waals surface area contributed by atoms with Crippen LogP contribution in [-0.4, -0.2) is 4.98 Å². The first-order chi connectivity index (χ1) is 12.6. The number of rotatable bonds is 3. The van der Waals surface area contributed by atoms with Crippen molar-refractivity contribution in [2.45, 2.75) is 26.7 Å². The number of hydrogen-bond acceptors (Lipinski definition) is 3. The molecule has 0 aliphatic carbocycles. The summed E-state index contributed by atoms with van der Waals surface area (Å²) in [7, 11) is 0. The second-order valence-electron chi connectivity index (χ2n) is 6.53. The van der Waals surface area contributed by atoms with Gasteiger partial charge in [0.05, 0.1) is 0 Å². The maximum absolute atomic E-state index is 6.53. The molecule has 0 aliphatic heterocycles. The Morgan fingerprint density at radius 2 is 1.65 bits per heavy atom. The van der Waals surface area contributed by atoms with Crippen LogP contribution in [0.5, 0.6) is 0 Å². The van der Waals surface area contributed by atoms with E-state index < -0.39 is 0 Å². The molecule has 130 valence electrons. The molecule has 0 saturated carbocycles. The molecule has 26 heavy (non-hydrogen) atoms. The molecule has 4 aromatic rings. The van der Waals surface area contributed by atoms with Gasteiger partial charge in [0, 0.05) is 35.1 Å². The van der Waals surface area contributed by atoms with E-state index in [0.717, 1.165) is 63.1 Å². The molecule has 0 atom stereocenters. The highest BCUT2D eigenvalue weighted by molar-refractivity contribution is 5.89. The van der Waals surface area contributed by atoms with E-state index in [-0.39, 0.29) is 0 Å². The second kappa shape index (κ2) is 6.30. The van der Waals surface area contributed by atoms with E-state index in [1.807, 2.05) is 36.4 Å². The summed E-state index contributed by atoms with van der Waals surface area (Å²) >= 11 is 0. The van der Waals surface area contributed by atoms with Crippen LogP contribution in [-0.2, 0) is 12.8 Å². The lowest BCUT2D eigenvalue weighted by atomic mass is 10.00. The molecule has 4 N–H and O–H groups in total. The summed E-state index contributed by atoms with van der Waals surface area (Å²) in [6.45, 7) is 4.27. The molecule has 3 aromatic carbocycles. The third-order valence-electron chi connectivity index (χ3n) is 4.96. The molecular weight excluding hydrogens is 320 g/mol. The van der Waals surface area contributed by atoms with Gasteiger partial charge in [-0.25, -0.2) is 4.98 Å². The average molecular weight is 343 g/mol. The highest BCUT2D eigenvalue weighted by atomic mass is 15.0. The summed E-state index contributed by atoms with van der Waals surface area (Å²) in [6.07, 6.45) is 1.74. The number of nitrogen functional groups attached to an aromatic ring is 2. The number of aryl methyl sites for hydroxylation is 2. The largest absolute Gasteiger partial charge is 0.399 e. The predicted molar refractivity (Wildman–Crippen MR) is 108 cm³/mol. The van der Waals surface area contributed by atoms with Crippen molar-refractivity contribution in [1.82, 2.24) is 4.98 Å². The van der Waals surface area contributed by atoms with Crippen molar-refractivity contribution in [2.75, 3.05) is 11.5 Å². The number of benzene rings is 3. The summed E-state index contributed by atoms with van der Waals surface area (Å²) < 4.78 is 2.24. The average Bonchev–Trinajstić information content (AvgIpc) is 2.67. The third kappa shape index (κ3) is 2.46. The lowest BCUT2D eigenvalue weighted by Gasteiger charge is -2.13. The van der Waals surface area contributed by atoms with E-state index in [0.29, 0.717) is 0 Å². The monoisotopic (exact) mass is 343 g/mol. The number of aromatic nitrogens is 2. The van der Waals surface area contributed by atoms with Crippen molar-refractivity contribution in [3.8, 4) is 5.69 Å². The summed E-state index contributed by atoms with van der Waals surface area (Å²) in [5, 5.41) is 0. The lowest BCUT2D eigenvalue weighted by molar-refractivity contribution is -0.538. The Balaban J connectivity index is 2.28. The van der Waals surface area contributed by atoms with Crippen LogP contribution in [0, 0.1) is 0 Å².